The Hall–Kier alpha value is -11.5. The van der Waals surface area contributed by atoms with Crippen molar-refractivity contribution in [1.82, 2.24) is 0 Å². The lowest BCUT2D eigenvalue weighted by molar-refractivity contribution is 0.400. The average molecular weight is 1090 g/mol. The molecule has 14 nitrogen and oxygen atoms in total. The summed E-state index contributed by atoms with van der Waals surface area (Å²) in [5.41, 5.74) is 6.23. The molecule has 82 heavy (non-hydrogen) atoms. The van der Waals surface area contributed by atoms with Crippen LogP contribution in [0.3, 0.4) is 0 Å². The Kier molecular flexibility index (Phi) is 19.6. The quantitative estimate of drug-likeness (QED) is 0.106. The third-order valence-electron chi connectivity index (χ3n) is 12.3. The second-order valence-electron chi connectivity index (χ2n) is 16.8. The van der Waals surface area contributed by atoms with E-state index >= 15 is 0 Å². The Labute approximate surface area is 477 Å². The summed E-state index contributed by atoms with van der Waals surface area (Å²) in [7, 11) is 18.5. The first-order valence-electron chi connectivity index (χ1n) is 24.5. The SMILES string of the molecule is COc1ccc(OC)c(C#Cc2cc(OC)c(C#Cc3cc(OC)c(C#Cc4cc(C#N)c(C#Cc5cc(OC)c(C#Cc6cc(OC)c(C#Cc7cc(OC)ccc7OC)cc6OC)cc5OC)cc4C#N)cc3OC)cc2OC)c1. The van der Waals surface area contributed by atoms with Crippen molar-refractivity contribution in [2.45, 2.75) is 0 Å². The highest BCUT2D eigenvalue weighted by Gasteiger charge is 2.16. The fraction of sp³-hybridized carbons (Fsp3) is 0.176. The Bertz CT molecular complexity index is 3850. The minimum atomic E-state index is 0.185. The van der Waals surface area contributed by atoms with Gasteiger partial charge in [-0.2, -0.15) is 10.5 Å². The van der Waals surface area contributed by atoms with Crippen molar-refractivity contribution in [3.63, 3.8) is 0 Å². The van der Waals surface area contributed by atoms with Crippen LogP contribution in [0.15, 0.2) is 97.1 Å². The van der Waals surface area contributed by atoms with Gasteiger partial charge in [0.2, 0.25) is 0 Å². The molecule has 0 spiro atoms. The number of nitrogens with zero attached hydrogens (tertiary/aromatic N) is 2. The van der Waals surface area contributed by atoms with Crippen LogP contribution in [0.4, 0.5) is 0 Å². The molecule has 7 rings (SSSR count). The number of rotatable bonds is 12. The number of hydrogen-bond acceptors (Lipinski definition) is 14. The van der Waals surface area contributed by atoms with Crippen LogP contribution >= 0.6 is 0 Å². The van der Waals surface area contributed by atoms with Crippen molar-refractivity contribution in [2.75, 3.05) is 85.3 Å². The van der Waals surface area contributed by atoms with Crippen LogP contribution in [0.2, 0.25) is 0 Å². The molecule has 7 aromatic rings. The third kappa shape index (κ3) is 13.4. The van der Waals surface area contributed by atoms with Gasteiger partial charge in [-0.05, 0) is 48.5 Å². The first-order chi connectivity index (χ1) is 39.9. The lowest BCUT2D eigenvalue weighted by atomic mass is 9.99. The van der Waals surface area contributed by atoms with Gasteiger partial charge >= 0.3 is 0 Å². The van der Waals surface area contributed by atoms with Crippen LogP contribution in [0, 0.1) is 93.7 Å². The Morgan fingerprint density at radius 3 is 0.549 bits per heavy atom. The summed E-state index contributed by atoms with van der Waals surface area (Å²) in [4.78, 5) is 0. The van der Waals surface area contributed by atoms with Crippen LogP contribution in [0.5, 0.6) is 69.0 Å². The maximum absolute atomic E-state index is 10.3. The van der Waals surface area contributed by atoms with E-state index in [0.29, 0.717) is 136 Å². The zero-order chi connectivity index (χ0) is 58.7. The molecule has 0 aliphatic carbocycles. The van der Waals surface area contributed by atoms with E-state index in [2.05, 4.69) is 83.2 Å². The van der Waals surface area contributed by atoms with Crippen LogP contribution in [-0.2, 0) is 0 Å². The summed E-state index contributed by atoms with van der Waals surface area (Å²) < 4.78 is 67.7. The standard InChI is InChI=1S/C68H52N2O12/c1-71-57-25-27-59(73-3)45(31-57)17-19-49-35-67(81-11)53(39-65(49)79-9)23-21-51-37-61(75-5)47(33-63(51)77-7)15-13-43-29-56(42-70)44(30-55(43)41-69)14-16-48-34-64(78-8)52(38-62(48)76-6)22-24-54-40-66(80-10)50(36-68(54)82-12)20-18-46-32-58(72-2)26-28-60(46)74-4/h25-40H,1-12H3. The van der Waals surface area contributed by atoms with Gasteiger partial charge in [0.25, 0.3) is 0 Å². The highest BCUT2D eigenvalue weighted by molar-refractivity contribution is 5.68. The van der Waals surface area contributed by atoms with E-state index in [1.165, 1.54) is 54.8 Å². The molecule has 0 bridgehead atoms. The van der Waals surface area contributed by atoms with E-state index < -0.39 is 0 Å². The molecule has 0 radical (unpaired) electrons. The maximum atomic E-state index is 10.3. The average Bonchev–Trinajstić information content (AvgIpc) is 3.58. The smallest absolute Gasteiger partial charge is 0.136 e. The molecule has 406 valence electrons. The molecule has 7 aromatic carbocycles. The first kappa shape index (κ1) is 58.2. The van der Waals surface area contributed by atoms with Gasteiger partial charge in [-0.25, -0.2) is 0 Å². The van der Waals surface area contributed by atoms with E-state index in [9.17, 15) is 10.5 Å². The fourth-order valence-electron chi connectivity index (χ4n) is 8.00. The van der Waals surface area contributed by atoms with Gasteiger partial charge in [0.15, 0.2) is 0 Å². The lowest BCUT2D eigenvalue weighted by Crippen LogP contribution is -1.96. The molecule has 0 aliphatic heterocycles. The second kappa shape index (κ2) is 27.7. The number of benzene rings is 7. The van der Waals surface area contributed by atoms with Crippen molar-refractivity contribution in [3.8, 4) is 152 Å². The zero-order valence-corrected chi connectivity index (χ0v) is 47.0. The highest BCUT2D eigenvalue weighted by atomic mass is 16.5. The molecule has 0 saturated heterocycles. The molecule has 0 unspecified atom stereocenters. The minimum absolute atomic E-state index is 0.185. The van der Waals surface area contributed by atoms with Gasteiger partial charge in [0.05, 0.1) is 152 Å². The van der Waals surface area contributed by atoms with E-state index in [0.717, 1.165) is 0 Å². The van der Waals surface area contributed by atoms with Crippen LogP contribution in [0.1, 0.15) is 77.9 Å². The Morgan fingerprint density at radius 1 is 0.195 bits per heavy atom. The summed E-state index contributed by atoms with van der Waals surface area (Å²) in [5, 5.41) is 20.7. The van der Waals surface area contributed by atoms with Gasteiger partial charge in [-0.3, -0.25) is 0 Å². The molecule has 0 heterocycles. The minimum Gasteiger partial charge on any atom is -0.497 e. The second-order valence-corrected chi connectivity index (χ2v) is 16.8. The third-order valence-corrected chi connectivity index (χ3v) is 12.3. The van der Waals surface area contributed by atoms with E-state index in [1.807, 2.05) is 0 Å². The number of ether oxygens (including phenoxy) is 12. The molecule has 0 saturated carbocycles. The highest BCUT2D eigenvalue weighted by Crippen LogP contribution is 2.34. The molecule has 0 fully saturated rings. The van der Waals surface area contributed by atoms with Crippen molar-refractivity contribution < 1.29 is 56.8 Å². The van der Waals surface area contributed by atoms with Crippen LogP contribution in [0.25, 0.3) is 0 Å². The monoisotopic (exact) mass is 1090 g/mol. The van der Waals surface area contributed by atoms with E-state index in [1.54, 1.807) is 128 Å². The van der Waals surface area contributed by atoms with Gasteiger partial charge in [-0.1, -0.05) is 71.0 Å². The molecule has 14 heteroatoms. The number of methoxy groups -OCH3 is 12. The number of nitriles is 2. The molecule has 0 N–H and O–H groups in total. The molecular weight excluding hydrogens is 1040 g/mol. The van der Waals surface area contributed by atoms with E-state index in [-0.39, 0.29) is 11.1 Å². The van der Waals surface area contributed by atoms with E-state index in [4.69, 9.17) is 56.8 Å². The summed E-state index contributed by atoms with van der Waals surface area (Å²) >= 11 is 0. The van der Waals surface area contributed by atoms with Crippen molar-refractivity contribution in [2.24, 2.45) is 0 Å². The summed E-state index contributed by atoms with van der Waals surface area (Å²) in [6, 6.07) is 31.9. The molecule has 0 aliphatic rings. The fourth-order valence-corrected chi connectivity index (χ4v) is 8.00. The van der Waals surface area contributed by atoms with Crippen molar-refractivity contribution in [1.29, 1.82) is 10.5 Å². The van der Waals surface area contributed by atoms with Crippen LogP contribution < -0.4 is 56.8 Å². The van der Waals surface area contributed by atoms with Crippen molar-refractivity contribution >= 4 is 0 Å². The van der Waals surface area contributed by atoms with Gasteiger partial charge < -0.3 is 56.8 Å². The van der Waals surface area contributed by atoms with Crippen LogP contribution in [-0.4, -0.2) is 85.3 Å². The zero-order valence-electron chi connectivity index (χ0n) is 47.0. The summed E-state index contributed by atoms with van der Waals surface area (Å²) in [6.45, 7) is 0. The van der Waals surface area contributed by atoms with Crippen molar-refractivity contribution in [3.05, 3.63) is 175 Å². The predicted octanol–water partition coefficient (Wildman–Crippen LogP) is 9.93. The van der Waals surface area contributed by atoms with Gasteiger partial charge in [0.1, 0.15) is 81.1 Å². The Balaban J connectivity index is 1.16. The molecule has 0 amide bonds. The van der Waals surface area contributed by atoms with Gasteiger partial charge in [0, 0.05) is 59.7 Å². The molecular formula is C68H52N2O12. The Morgan fingerprint density at radius 2 is 0.378 bits per heavy atom. The summed E-state index contributed by atoms with van der Waals surface area (Å²) in [6.07, 6.45) is 0. The normalized spacial score (nSPS) is 9.59. The largest absolute Gasteiger partial charge is 0.497 e. The maximum Gasteiger partial charge on any atom is 0.136 e. The first-order valence-corrected chi connectivity index (χ1v) is 24.5. The van der Waals surface area contributed by atoms with Gasteiger partial charge in [-0.15, -0.1) is 0 Å². The predicted molar refractivity (Wildman–Crippen MR) is 309 cm³/mol. The lowest BCUT2D eigenvalue weighted by Gasteiger charge is -2.10. The summed E-state index contributed by atoms with van der Waals surface area (Å²) in [5.74, 6) is 43.4. The molecule has 0 atom stereocenters. The topological polar surface area (TPSA) is 158 Å². The number of hydrogen-bond donors (Lipinski definition) is 0. The molecule has 0 aromatic heterocycles.